The van der Waals surface area contributed by atoms with Gasteiger partial charge in [0.2, 0.25) is 0 Å². The van der Waals surface area contributed by atoms with Gasteiger partial charge in [0.05, 0.1) is 6.10 Å². The third kappa shape index (κ3) is 8.83. The van der Waals surface area contributed by atoms with Crippen molar-refractivity contribution in [2.24, 2.45) is 5.73 Å². The van der Waals surface area contributed by atoms with E-state index >= 15 is 0 Å². The smallest absolute Gasteiger partial charge is 0.192 e. The Morgan fingerprint density at radius 3 is 1.40 bits per heavy atom. The van der Waals surface area contributed by atoms with Gasteiger partial charge in [0.25, 0.3) is 0 Å². The second-order valence-corrected chi connectivity index (χ2v) is 20.7. The van der Waals surface area contributed by atoms with Gasteiger partial charge in [-0.1, -0.05) is 54.6 Å². The zero-order valence-corrected chi connectivity index (χ0v) is 18.4. The second-order valence-electron chi connectivity index (χ2n) is 8.65. The Morgan fingerprint density at radius 1 is 0.950 bits per heavy atom. The molecule has 124 valence electrons. The topological polar surface area (TPSA) is 35.2 Å². The van der Waals surface area contributed by atoms with Crippen LogP contribution >= 0.6 is 11.1 Å². The summed E-state index contributed by atoms with van der Waals surface area (Å²) in [6, 6.07) is 0. The summed E-state index contributed by atoms with van der Waals surface area (Å²) in [5.41, 5.74) is 5.52. The van der Waals surface area contributed by atoms with Crippen molar-refractivity contribution < 1.29 is 4.43 Å². The van der Waals surface area contributed by atoms with Crippen molar-refractivity contribution in [3.8, 4) is 0 Å². The molecule has 0 aliphatic carbocycles. The maximum Gasteiger partial charge on any atom is 0.192 e. The highest BCUT2D eigenvalue weighted by Crippen LogP contribution is 2.38. The van der Waals surface area contributed by atoms with Crippen LogP contribution in [0.25, 0.3) is 0 Å². The summed E-state index contributed by atoms with van der Waals surface area (Å²) in [4.78, 5) is 0. The van der Waals surface area contributed by atoms with Crippen LogP contribution in [-0.2, 0) is 4.43 Å². The number of nitrogens with two attached hydrogens (primary N) is 1. The van der Waals surface area contributed by atoms with Crippen LogP contribution in [0.3, 0.4) is 0 Å². The lowest BCUT2D eigenvalue weighted by Gasteiger charge is -2.38. The van der Waals surface area contributed by atoms with Gasteiger partial charge in [-0.2, -0.15) is 11.1 Å². The summed E-state index contributed by atoms with van der Waals surface area (Å²) in [6.07, 6.45) is 0.200. The molecule has 0 aromatic carbocycles. The third-order valence-corrected chi connectivity index (χ3v) is 14.3. The van der Waals surface area contributed by atoms with Gasteiger partial charge in [-0.15, -0.1) is 0 Å². The van der Waals surface area contributed by atoms with Crippen LogP contribution < -0.4 is 5.73 Å². The van der Waals surface area contributed by atoms with Crippen molar-refractivity contribution in [1.82, 2.24) is 0 Å². The molecule has 0 bridgehead atoms. The molecule has 1 unspecified atom stereocenters. The normalized spacial score (nSPS) is 15.4. The molecule has 20 heavy (non-hydrogen) atoms. The summed E-state index contributed by atoms with van der Waals surface area (Å²) in [7, 11) is -2.96. The fraction of sp³-hybridized carbons (Fsp3) is 1.00. The largest absolute Gasteiger partial charge is 0.413 e. The van der Waals surface area contributed by atoms with Gasteiger partial charge in [-0.25, -0.2) is 0 Å². The first-order valence-corrected chi connectivity index (χ1v) is 14.4. The fourth-order valence-electron chi connectivity index (χ4n) is 0.728. The summed E-state index contributed by atoms with van der Waals surface area (Å²) in [5, 5.41) is 0.630. The van der Waals surface area contributed by atoms with Gasteiger partial charge in [-0.3, -0.25) is 0 Å². The number of hydrogen-bond acceptors (Lipinski definition) is 2. The Hall–Kier alpha value is 0.644. The molecule has 5 heteroatoms. The average molecular weight is 340 g/mol. The zero-order chi connectivity index (χ0) is 17.0. The zero-order valence-electron chi connectivity index (χ0n) is 15.6. The van der Waals surface area contributed by atoms with Crippen molar-refractivity contribution in [1.29, 1.82) is 0 Å². The Morgan fingerprint density at radius 2 is 1.25 bits per heavy atom. The quantitative estimate of drug-likeness (QED) is 0.537. The number of halogens is 1. The highest BCUT2D eigenvalue weighted by molar-refractivity contribution is 7.20. The van der Waals surface area contributed by atoms with Gasteiger partial charge in [-0.05, 0) is 30.1 Å². The van der Waals surface area contributed by atoms with E-state index in [1.165, 1.54) is 0 Å². The van der Waals surface area contributed by atoms with E-state index in [1.807, 2.05) is 6.92 Å². The molecule has 0 radical (unpaired) electrons. The van der Waals surface area contributed by atoms with Crippen LogP contribution in [0, 0.1) is 0 Å². The predicted molar refractivity (Wildman–Crippen MR) is 99.8 cm³/mol. The Bertz CT molecular complexity index is 263. The molecule has 0 aromatic rings. The average Bonchev–Trinajstić information content (AvgIpc) is 2.12. The van der Waals surface area contributed by atoms with Crippen LogP contribution in [-0.4, -0.2) is 28.3 Å². The molecule has 1 atom stereocenters. The van der Waals surface area contributed by atoms with Crippen molar-refractivity contribution in [2.45, 2.75) is 90.8 Å². The molecule has 0 spiro atoms. The van der Waals surface area contributed by atoms with Crippen LogP contribution in [0.1, 0.15) is 48.5 Å². The molecule has 2 N–H and O–H groups in total. The monoisotopic (exact) mass is 339 g/mol. The highest BCUT2D eigenvalue weighted by Gasteiger charge is 2.38. The molecule has 0 rings (SSSR count). The van der Waals surface area contributed by atoms with E-state index in [0.717, 1.165) is 0 Å². The van der Waals surface area contributed by atoms with E-state index in [4.69, 9.17) is 21.2 Å². The number of hydrogen-bond donors (Lipinski definition) is 1. The molecule has 0 aromatic heterocycles. The summed E-state index contributed by atoms with van der Waals surface area (Å²) >= 11 is 6.15. The summed E-state index contributed by atoms with van der Waals surface area (Å²) in [5.74, 6) is 0. The first kappa shape index (κ1) is 22.9. The Kier molecular flexibility index (Phi) is 8.90. The first-order chi connectivity index (χ1) is 8.45. The van der Waals surface area contributed by atoms with Crippen LogP contribution in [0.5, 0.6) is 0 Å². The minimum absolute atomic E-state index is 0.200. The molecule has 0 amide bonds. The number of rotatable bonds is 3. The van der Waals surface area contributed by atoms with E-state index in [-0.39, 0.29) is 11.1 Å². The Balaban J connectivity index is 0. The van der Waals surface area contributed by atoms with Crippen molar-refractivity contribution in [3.05, 3.63) is 0 Å². The maximum absolute atomic E-state index is 6.15. The molecule has 0 aliphatic heterocycles. The maximum atomic E-state index is 6.15. The summed E-state index contributed by atoms with van der Waals surface area (Å²) in [6.45, 7) is 24.8. The van der Waals surface area contributed by atoms with Crippen LogP contribution in [0.15, 0.2) is 0 Å². The molecule has 0 fully saturated rings. The molecule has 0 saturated carbocycles. The standard InChI is InChI=1S/C9H23NOSi.C6H15ClSi/c1-8(7-10)11-12(5,6)9(2,3)4;1-6(2,3)8(4,5)7/h8H,7,10H2,1-6H3;1-5H3. The minimum Gasteiger partial charge on any atom is -0.413 e. The first-order valence-electron chi connectivity index (χ1n) is 7.52. The fourth-order valence-corrected chi connectivity index (χ4v) is 2.18. The van der Waals surface area contributed by atoms with Gasteiger partial charge < -0.3 is 10.2 Å². The lowest BCUT2D eigenvalue weighted by molar-refractivity contribution is 0.206. The van der Waals surface area contributed by atoms with E-state index < -0.39 is 15.7 Å². The van der Waals surface area contributed by atoms with Crippen LogP contribution in [0.2, 0.25) is 36.3 Å². The lowest BCUT2D eigenvalue weighted by atomic mass is 10.2. The van der Waals surface area contributed by atoms with E-state index in [0.29, 0.717) is 11.6 Å². The van der Waals surface area contributed by atoms with Crippen molar-refractivity contribution in [2.75, 3.05) is 6.54 Å². The molecular weight excluding hydrogens is 302 g/mol. The molecule has 0 saturated heterocycles. The second kappa shape index (κ2) is 7.77. The van der Waals surface area contributed by atoms with Crippen LogP contribution in [0.4, 0.5) is 0 Å². The van der Waals surface area contributed by atoms with E-state index in [2.05, 4.69) is 67.7 Å². The van der Waals surface area contributed by atoms with Crippen molar-refractivity contribution in [3.63, 3.8) is 0 Å². The van der Waals surface area contributed by atoms with Gasteiger partial charge in [0.15, 0.2) is 15.7 Å². The van der Waals surface area contributed by atoms with Crippen molar-refractivity contribution >= 4 is 26.8 Å². The molecule has 0 aliphatic rings. The lowest BCUT2D eigenvalue weighted by Crippen LogP contribution is -2.44. The highest BCUT2D eigenvalue weighted by atomic mass is 35.6. The minimum atomic E-state index is -1.57. The third-order valence-electron chi connectivity index (χ3n) is 4.42. The van der Waals surface area contributed by atoms with Gasteiger partial charge in [0.1, 0.15) is 0 Å². The van der Waals surface area contributed by atoms with Gasteiger partial charge in [0, 0.05) is 6.54 Å². The molecule has 0 heterocycles. The summed E-state index contributed by atoms with van der Waals surface area (Å²) < 4.78 is 5.97. The predicted octanol–water partition coefficient (Wildman–Crippen LogP) is 5.59. The van der Waals surface area contributed by atoms with E-state index in [1.54, 1.807) is 0 Å². The van der Waals surface area contributed by atoms with Gasteiger partial charge >= 0.3 is 0 Å². The van der Waals surface area contributed by atoms with E-state index in [9.17, 15) is 0 Å². The Labute approximate surface area is 134 Å². The molecule has 2 nitrogen and oxygen atoms in total. The molecular formula is C15H38ClNOSi2. The SMILES string of the molecule is CC(C)(C)[Si](C)(C)Cl.CC(CN)O[Si](C)(C)C(C)(C)C.